The molecule has 3 rings (SSSR count). The minimum Gasteiger partial charge on any atom is -0.508 e. The van der Waals surface area contributed by atoms with Crippen molar-refractivity contribution in [3.05, 3.63) is 61.2 Å². The zero-order valence-corrected chi connectivity index (χ0v) is 12.0. The van der Waals surface area contributed by atoms with Gasteiger partial charge in [0, 0.05) is 23.7 Å². The molecule has 3 N–H and O–H groups in total. The summed E-state index contributed by atoms with van der Waals surface area (Å²) in [5.41, 5.74) is 1.57. The maximum absolute atomic E-state index is 9.53. The molecule has 5 nitrogen and oxygen atoms in total. The van der Waals surface area contributed by atoms with Gasteiger partial charge in [-0.15, -0.1) is 6.58 Å². The highest BCUT2D eigenvalue weighted by Crippen LogP contribution is 2.24. The molecule has 0 bridgehead atoms. The number of phenolic OH excluding ortho intramolecular Hbond substituents is 1. The van der Waals surface area contributed by atoms with Crippen LogP contribution in [0.1, 0.15) is 0 Å². The molecule has 0 aliphatic rings. The SMILES string of the molecule is C=CCNc1nc(Nc2cccc(O)c2)nc2ccccc12. The second-order valence-electron chi connectivity index (χ2n) is 4.76. The molecule has 0 aliphatic heterocycles. The van der Waals surface area contributed by atoms with Crippen LogP contribution in [0.15, 0.2) is 61.2 Å². The van der Waals surface area contributed by atoms with Crippen LogP contribution >= 0.6 is 0 Å². The van der Waals surface area contributed by atoms with Crippen molar-refractivity contribution in [2.24, 2.45) is 0 Å². The first-order chi connectivity index (χ1) is 10.8. The van der Waals surface area contributed by atoms with Gasteiger partial charge < -0.3 is 15.7 Å². The molecule has 0 saturated heterocycles. The summed E-state index contributed by atoms with van der Waals surface area (Å²) < 4.78 is 0. The van der Waals surface area contributed by atoms with Crippen molar-refractivity contribution in [3.8, 4) is 5.75 Å². The Balaban J connectivity index is 2.00. The molecule has 0 amide bonds. The second kappa shape index (κ2) is 6.13. The first-order valence-corrected chi connectivity index (χ1v) is 6.94. The number of nitrogens with zero attached hydrogens (tertiary/aromatic N) is 2. The van der Waals surface area contributed by atoms with E-state index in [2.05, 4.69) is 27.2 Å². The van der Waals surface area contributed by atoms with E-state index in [0.717, 1.165) is 22.4 Å². The number of para-hydroxylation sites is 1. The lowest BCUT2D eigenvalue weighted by Gasteiger charge is -2.11. The van der Waals surface area contributed by atoms with E-state index in [1.54, 1.807) is 24.3 Å². The van der Waals surface area contributed by atoms with Gasteiger partial charge in [0.2, 0.25) is 5.95 Å². The summed E-state index contributed by atoms with van der Waals surface area (Å²) in [7, 11) is 0. The summed E-state index contributed by atoms with van der Waals surface area (Å²) in [5, 5.41) is 16.8. The summed E-state index contributed by atoms with van der Waals surface area (Å²) >= 11 is 0. The van der Waals surface area contributed by atoms with Crippen LogP contribution in [0, 0.1) is 0 Å². The predicted octanol–water partition coefficient (Wildman–Crippen LogP) is 3.68. The minimum atomic E-state index is 0.191. The fourth-order valence-corrected chi connectivity index (χ4v) is 2.15. The number of hydrogen-bond acceptors (Lipinski definition) is 5. The van der Waals surface area contributed by atoms with Gasteiger partial charge in [-0.1, -0.05) is 24.3 Å². The largest absolute Gasteiger partial charge is 0.508 e. The Labute approximate surface area is 128 Å². The van der Waals surface area contributed by atoms with Crippen LogP contribution in [-0.2, 0) is 0 Å². The number of anilines is 3. The molecule has 5 heteroatoms. The van der Waals surface area contributed by atoms with Gasteiger partial charge in [-0.3, -0.25) is 0 Å². The van der Waals surface area contributed by atoms with E-state index in [-0.39, 0.29) is 5.75 Å². The van der Waals surface area contributed by atoms with Crippen LogP contribution < -0.4 is 10.6 Å². The number of phenols is 1. The highest BCUT2D eigenvalue weighted by atomic mass is 16.3. The molecule has 1 aromatic heterocycles. The highest BCUT2D eigenvalue weighted by Gasteiger charge is 2.07. The Hall–Kier alpha value is -3.08. The molecule has 1 heterocycles. The zero-order valence-electron chi connectivity index (χ0n) is 12.0. The first-order valence-electron chi connectivity index (χ1n) is 6.94. The molecule has 3 aromatic rings. The third-order valence-electron chi connectivity index (χ3n) is 3.12. The maximum Gasteiger partial charge on any atom is 0.229 e. The zero-order chi connectivity index (χ0) is 15.4. The van der Waals surface area contributed by atoms with Gasteiger partial charge in [0.1, 0.15) is 11.6 Å². The highest BCUT2D eigenvalue weighted by molar-refractivity contribution is 5.90. The molecule has 0 atom stereocenters. The normalized spacial score (nSPS) is 10.4. The summed E-state index contributed by atoms with van der Waals surface area (Å²) in [6.45, 7) is 4.32. The fourth-order valence-electron chi connectivity index (χ4n) is 2.15. The van der Waals surface area contributed by atoms with Crippen molar-refractivity contribution >= 4 is 28.4 Å². The van der Waals surface area contributed by atoms with Crippen molar-refractivity contribution in [1.82, 2.24) is 9.97 Å². The van der Waals surface area contributed by atoms with E-state index < -0.39 is 0 Å². The molecular weight excluding hydrogens is 276 g/mol. The van der Waals surface area contributed by atoms with Gasteiger partial charge in [-0.2, -0.15) is 4.98 Å². The molecule has 22 heavy (non-hydrogen) atoms. The second-order valence-corrected chi connectivity index (χ2v) is 4.76. The Morgan fingerprint density at radius 2 is 1.95 bits per heavy atom. The molecule has 0 fully saturated rings. The molecule has 0 spiro atoms. The van der Waals surface area contributed by atoms with Crippen LogP contribution in [0.25, 0.3) is 10.9 Å². The quantitative estimate of drug-likeness (QED) is 0.626. The van der Waals surface area contributed by atoms with Gasteiger partial charge in [-0.05, 0) is 24.3 Å². The molecule has 0 radical (unpaired) electrons. The summed E-state index contributed by atoms with van der Waals surface area (Å²) in [6.07, 6.45) is 1.78. The van der Waals surface area contributed by atoms with Crippen LogP contribution in [0.2, 0.25) is 0 Å². The average Bonchev–Trinajstić information content (AvgIpc) is 2.52. The topological polar surface area (TPSA) is 70.1 Å². The number of nitrogens with one attached hydrogen (secondary N) is 2. The number of fused-ring (bicyclic) bond motifs is 1. The Morgan fingerprint density at radius 1 is 1.09 bits per heavy atom. The molecule has 110 valence electrons. The fraction of sp³-hybridized carbons (Fsp3) is 0.0588. The van der Waals surface area contributed by atoms with Crippen LogP contribution in [0.3, 0.4) is 0 Å². The van der Waals surface area contributed by atoms with Crippen molar-refractivity contribution in [3.63, 3.8) is 0 Å². The van der Waals surface area contributed by atoms with E-state index in [9.17, 15) is 5.11 Å². The van der Waals surface area contributed by atoms with Gasteiger partial charge in [0.15, 0.2) is 0 Å². The molecule has 0 aliphatic carbocycles. The molecular formula is C17H16N4O. The number of aromatic hydroxyl groups is 1. The van der Waals surface area contributed by atoms with Gasteiger partial charge in [0.25, 0.3) is 0 Å². The van der Waals surface area contributed by atoms with Crippen LogP contribution in [0.5, 0.6) is 5.75 Å². The third kappa shape index (κ3) is 2.98. The van der Waals surface area contributed by atoms with Crippen molar-refractivity contribution < 1.29 is 5.11 Å². The van der Waals surface area contributed by atoms with Gasteiger partial charge in [0.05, 0.1) is 5.52 Å². The van der Waals surface area contributed by atoms with Gasteiger partial charge in [-0.25, -0.2) is 4.98 Å². The van der Waals surface area contributed by atoms with E-state index in [1.807, 2.05) is 30.3 Å². The molecule has 0 unspecified atom stereocenters. The predicted molar refractivity (Wildman–Crippen MR) is 89.6 cm³/mol. The van der Waals surface area contributed by atoms with Gasteiger partial charge >= 0.3 is 0 Å². The lowest BCUT2D eigenvalue weighted by molar-refractivity contribution is 0.475. The molecule has 0 saturated carbocycles. The third-order valence-corrected chi connectivity index (χ3v) is 3.12. The van der Waals surface area contributed by atoms with Crippen molar-refractivity contribution in [1.29, 1.82) is 0 Å². The van der Waals surface area contributed by atoms with Crippen molar-refractivity contribution in [2.45, 2.75) is 0 Å². The molecule has 2 aromatic carbocycles. The minimum absolute atomic E-state index is 0.191. The summed E-state index contributed by atoms with van der Waals surface area (Å²) in [5.74, 6) is 1.40. The van der Waals surface area contributed by atoms with E-state index in [0.29, 0.717) is 12.5 Å². The smallest absolute Gasteiger partial charge is 0.229 e. The van der Waals surface area contributed by atoms with Crippen LogP contribution in [-0.4, -0.2) is 21.6 Å². The Morgan fingerprint density at radius 3 is 2.77 bits per heavy atom. The lowest BCUT2D eigenvalue weighted by Crippen LogP contribution is -2.05. The number of hydrogen-bond donors (Lipinski definition) is 3. The Kier molecular flexibility index (Phi) is 3.87. The average molecular weight is 292 g/mol. The van der Waals surface area contributed by atoms with Crippen molar-refractivity contribution in [2.75, 3.05) is 17.2 Å². The summed E-state index contributed by atoms with van der Waals surface area (Å²) in [6, 6.07) is 14.6. The first kappa shape index (κ1) is 13.9. The Bertz CT molecular complexity index is 817. The maximum atomic E-state index is 9.53. The van der Waals surface area contributed by atoms with E-state index >= 15 is 0 Å². The summed E-state index contributed by atoms with van der Waals surface area (Å²) in [4.78, 5) is 9.00. The van der Waals surface area contributed by atoms with Crippen LogP contribution in [0.4, 0.5) is 17.5 Å². The van der Waals surface area contributed by atoms with E-state index in [4.69, 9.17) is 0 Å². The number of benzene rings is 2. The number of aromatic nitrogens is 2. The lowest BCUT2D eigenvalue weighted by atomic mass is 10.2. The monoisotopic (exact) mass is 292 g/mol. The number of rotatable bonds is 5. The van der Waals surface area contributed by atoms with E-state index in [1.165, 1.54) is 0 Å². The standard InChI is InChI=1S/C17H16N4O/c1-2-10-18-16-14-8-3-4-9-15(14)20-17(21-16)19-12-6-5-7-13(22)11-12/h2-9,11,22H,1,10H2,(H2,18,19,20,21).